The second kappa shape index (κ2) is 16.5. The number of allylic oxidation sites excluding steroid dienone is 1. The van der Waals surface area contributed by atoms with Crippen molar-refractivity contribution in [3.05, 3.63) is 64.7 Å². The number of cyclic esters (lactones) is 1. The average Bonchev–Trinajstić information content (AvgIpc) is 3.56. The number of methoxy groups -OCH3 is 3. The van der Waals surface area contributed by atoms with E-state index in [0.29, 0.717) is 74.3 Å². The first-order valence-electron chi connectivity index (χ1n) is 15.7. The lowest BCUT2D eigenvalue weighted by molar-refractivity contribution is -0.121. The molecule has 1 aliphatic rings. The molecule has 4 N–H and O–H groups in total. The van der Waals surface area contributed by atoms with E-state index in [2.05, 4.69) is 15.3 Å². The number of nitrogens with zero attached hydrogens (tertiary/aromatic N) is 1. The molecule has 0 spiro atoms. The van der Waals surface area contributed by atoms with Crippen molar-refractivity contribution in [2.75, 3.05) is 27.9 Å². The highest BCUT2D eigenvalue weighted by Crippen LogP contribution is 2.47. The standard InChI is InChI=1S/C35H43N3O9/c1-21-9-8-12-25(39)11-7-5-6-10-22-15-27(40)32(33(42)31(22)35(43)47-21)26(18-30(41)37-14-13-24-19-36-20-38-24)23-16-28(44-2)34(46-4)29(17-23)45-3/h6,10,15-17,19-21,26,40,42H,5,7-9,11-14,18H2,1-4H3,(H,36,38)(H,37,41)/t21-,26?/m0/s1. The van der Waals surface area contributed by atoms with Crippen LogP contribution in [0.5, 0.6) is 28.7 Å². The molecular weight excluding hydrogens is 606 g/mol. The van der Waals surface area contributed by atoms with E-state index >= 15 is 0 Å². The Hall–Kier alpha value is -5.00. The topological polar surface area (TPSA) is 169 Å². The number of aromatic nitrogens is 2. The summed E-state index contributed by atoms with van der Waals surface area (Å²) in [5.41, 5.74) is 1.38. The number of aromatic hydroxyl groups is 2. The SMILES string of the molecule is COc1cc(C(CC(=O)NCCc2cnc[nH]2)c2c(O)cc3c(c2O)C(=O)O[C@@H](C)CCCC(=O)CCCC=C3)cc(OC)c1OC. The Morgan fingerprint density at radius 1 is 1.09 bits per heavy atom. The van der Waals surface area contributed by atoms with Crippen LogP contribution < -0.4 is 19.5 Å². The van der Waals surface area contributed by atoms with E-state index in [-0.39, 0.29) is 40.6 Å². The maximum Gasteiger partial charge on any atom is 0.342 e. The van der Waals surface area contributed by atoms with E-state index in [0.717, 1.165) is 5.69 Å². The number of imidazole rings is 1. The number of Topliss-reactive ketones (excluding diaryl/α,β-unsaturated/α-hetero) is 1. The first-order chi connectivity index (χ1) is 22.7. The van der Waals surface area contributed by atoms with Gasteiger partial charge in [0.25, 0.3) is 0 Å². The van der Waals surface area contributed by atoms with Crippen molar-refractivity contribution >= 4 is 23.7 Å². The van der Waals surface area contributed by atoms with Crippen LogP contribution >= 0.6 is 0 Å². The predicted octanol–water partition coefficient (Wildman–Crippen LogP) is 5.21. The van der Waals surface area contributed by atoms with E-state index in [4.69, 9.17) is 18.9 Å². The second-order valence-electron chi connectivity index (χ2n) is 11.5. The highest BCUT2D eigenvalue weighted by Gasteiger charge is 2.32. The molecule has 0 saturated carbocycles. The van der Waals surface area contributed by atoms with Crippen LogP contribution in [0.15, 0.2) is 36.8 Å². The maximum atomic E-state index is 13.6. The molecule has 47 heavy (non-hydrogen) atoms. The summed E-state index contributed by atoms with van der Waals surface area (Å²) < 4.78 is 22.3. The minimum atomic E-state index is -0.963. The molecule has 0 radical (unpaired) electrons. The Kier molecular flexibility index (Phi) is 12.3. The summed E-state index contributed by atoms with van der Waals surface area (Å²) in [6.45, 7) is 2.04. The Bertz CT molecular complexity index is 1560. The molecule has 252 valence electrons. The molecule has 0 saturated heterocycles. The number of ether oxygens (including phenoxy) is 4. The number of hydrogen-bond donors (Lipinski definition) is 4. The van der Waals surface area contributed by atoms with Crippen LogP contribution in [0.4, 0.5) is 0 Å². The van der Waals surface area contributed by atoms with Gasteiger partial charge in [-0.15, -0.1) is 0 Å². The van der Waals surface area contributed by atoms with Crippen LogP contribution in [0.1, 0.15) is 90.5 Å². The molecule has 2 aromatic carbocycles. The van der Waals surface area contributed by atoms with Crippen molar-refractivity contribution < 1.29 is 43.5 Å². The predicted molar refractivity (Wildman–Crippen MR) is 174 cm³/mol. The van der Waals surface area contributed by atoms with E-state index in [9.17, 15) is 24.6 Å². The molecule has 3 aromatic rings. The molecule has 0 fully saturated rings. The molecule has 1 unspecified atom stereocenters. The van der Waals surface area contributed by atoms with Crippen LogP contribution in [0.3, 0.4) is 0 Å². The second-order valence-corrected chi connectivity index (χ2v) is 11.5. The number of aromatic amines is 1. The lowest BCUT2D eigenvalue weighted by Crippen LogP contribution is -2.27. The lowest BCUT2D eigenvalue weighted by atomic mass is 9.84. The molecule has 2 heterocycles. The summed E-state index contributed by atoms with van der Waals surface area (Å²) in [6.07, 6.45) is 9.51. The van der Waals surface area contributed by atoms with Crippen molar-refractivity contribution in [1.82, 2.24) is 15.3 Å². The Morgan fingerprint density at radius 2 is 1.81 bits per heavy atom. The molecule has 2 atom stereocenters. The zero-order chi connectivity index (χ0) is 33.9. The number of amides is 1. The Balaban J connectivity index is 1.81. The zero-order valence-electron chi connectivity index (χ0n) is 27.3. The summed E-state index contributed by atoms with van der Waals surface area (Å²) in [4.78, 5) is 46.2. The lowest BCUT2D eigenvalue weighted by Gasteiger charge is -2.24. The molecule has 1 aliphatic heterocycles. The fraction of sp³-hybridized carbons (Fsp3) is 0.429. The number of rotatable bonds is 10. The highest BCUT2D eigenvalue weighted by molar-refractivity contribution is 5.98. The maximum absolute atomic E-state index is 13.6. The van der Waals surface area contributed by atoms with Crippen LogP contribution in [-0.2, 0) is 20.7 Å². The summed E-state index contributed by atoms with van der Waals surface area (Å²) in [7, 11) is 4.38. The highest BCUT2D eigenvalue weighted by atomic mass is 16.5. The summed E-state index contributed by atoms with van der Waals surface area (Å²) >= 11 is 0. The van der Waals surface area contributed by atoms with Crippen LogP contribution in [0, 0.1) is 0 Å². The third-order valence-electron chi connectivity index (χ3n) is 8.15. The van der Waals surface area contributed by atoms with Crippen LogP contribution in [-0.4, -0.2) is 71.8 Å². The van der Waals surface area contributed by atoms with Gasteiger partial charge in [0, 0.05) is 55.6 Å². The fourth-order valence-electron chi connectivity index (χ4n) is 5.72. The number of fused-ring (bicyclic) bond motifs is 1. The summed E-state index contributed by atoms with van der Waals surface area (Å²) in [6, 6.07) is 4.65. The van der Waals surface area contributed by atoms with E-state index in [1.807, 2.05) is 0 Å². The molecule has 4 rings (SSSR count). The molecule has 1 amide bonds. The van der Waals surface area contributed by atoms with Gasteiger partial charge in [-0.2, -0.15) is 0 Å². The number of carbonyl (C=O) groups excluding carboxylic acids is 3. The number of hydrogen-bond acceptors (Lipinski definition) is 10. The van der Waals surface area contributed by atoms with Gasteiger partial charge in [0.1, 0.15) is 22.8 Å². The van der Waals surface area contributed by atoms with Crippen molar-refractivity contribution in [3.8, 4) is 28.7 Å². The molecule has 1 aromatic heterocycles. The van der Waals surface area contributed by atoms with Crippen molar-refractivity contribution in [2.45, 2.75) is 70.3 Å². The number of carbonyl (C=O) groups is 3. The van der Waals surface area contributed by atoms with E-state index in [1.54, 1.807) is 43.7 Å². The number of nitrogens with one attached hydrogen (secondary N) is 2. The smallest absolute Gasteiger partial charge is 0.342 e. The van der Waals surface area contributed by atoms with Gasteiger partial charge in [0.15, 0.2) is 11.5 Å². The van der Waals surface area contributed by atoms with E-state index in [1.165, 1.54) is 27.4 Å². The van der Waals surface area contributed by atoms with Crippen LogP contribution in [0.2, 0.25) is 0 Å². The quantitative estimate of drug-likeness (QED) is 0.214. The normalized spacial score (nSPS) is 16.4. The number of ketones is 1. The van der Waals surface area contributed by atoms with Crippen LogP contribution in [0.25, 0.3) is 6.08 Å². The first kappa shape index (κ1) is 34.9. The summed E-state index contributed by atoms with van der Waals surface area (Å²) in [5.74, 6) is -1.85. The first-order valence-corrected chi connectivity index (χ1v) is 15.7. The minimum Gasteiger partial charge on any atom is -0.507 e. The Morgan fingerprint density at radius 3 is 2.47 bits per heavy atom. The van der Waals surface area contributed by atoms with Gasteiger partial charge in [-0.1, -0.05) is 12.2 Å². The number of phenols is 2. The van der Waals surface area contributed by atoms with Gasteiger partial charge in [-0.25, -0.2) is 9.78 Å². The van der Waals surface area contributed by atoms with Gasteiger partial charge in [0.05, 0.1) is 33.8 Å². The Labute approximate surface area is 274 Å². The minimum absolute atomic E-state index is 0.0357. The van der Waals surface area contributed by atoms with Gasteiger partial charge >= 0.3 is 5.97 Å². The number of phenolic OH excluding ortho intramolecular Hbond substituents is 2. The summed E-state index contributed by atoms with van der Waals surface area (Å²) in [5, 5.41) is 26.2. The molecule has 0 bridgehead atoms. The monoisotopic (exact) mass is 649 g/mol. The number of esters is 1. The molecule has 0 aliphatic carbocycles. The van der Waals surface area contributed by atoms with Gasteiger partial charge in [-0.3, -0.25) is 9.59 Å². The third-order valence-corrected chi connectivity index (χ3v) is 8.15. The number of benzene rings is 2. The molecule has 12 nitrogen and oxygen atoms in total. The zero-order valence-corrected chi connectivity index (χ0v) is 27.3. The molecular formula is C35H43N3O9. The fourth-order valence-corrected chi connectivity index (χ4v) is 5.72. The van der Waals surface area contributed by atoms with Crippen molar-refractivity contribution in [2.24, 2.45) is 0 Å². The number of H-pyrrole nitrogens is 1. The average molecular weight is 650 g/mol. The molecule has 12 heteroatoms. The van der Waals surface area contributed by atoms with Gasteiger partial charge < -0.3 is 39.5 Å². The van der Waals surface area contributed by atoms with Crippen molar-refractivity contribution in [1.29, 1.82) is 0 Å². The van der Waals surface area contributed by atoms with Gasteiger partial charge in [0.2, 0.25) is 11.7 Å². The third kappa shape index (κ3) is 8.84. The van der Waals surface area contributed by atoms with Gasteiger partial charge in [-0.05, 0) is 61.9 Å². The van der Waals surface area contributed by atoms with Crippen molar-refractivity contribution in [3.63, 3.8) is 0 Å². The largest absolute Gasteiger partial charge is 0.507 e. The van der Waals surface area contributed by atoms with E-state index < -0.39 is 23.7 Å².